The number of benzene rings is 3. The zero-order valence-corrected chi connectivity index (χ0v) is 13.1. The van der Waals surface area contributed by atoms with Crippen LogP contribution in [0.25, 0.3) is 21.7 Å². The molecule has 0 saturated carbocycles. The quantitative estimate of drug-likeness (QED) is 0.469. The average Bonchev–Trinajstić information content (AvgIpc) is 2.92. The second-order valence-electron chi connectivity index (χ2n) is 5.63. The van der Waals surface area contributed by atoms with Crippen LogP contribution in [0, 0.1) is 0 Å². The predicted molar refractivity (Wildman–Crippen MR) is 95.4 cm³/mol. The number of fused-ring (bicyclic) bond motifs is 2. The zero-order chi connectivity index (χ0) is 15.8. The Hall–Kier alpha value is -2.58. The van der Waals surface area contributed by atoms with Gasteiger partial charge in [-0.2, -0.15) is 0 Å². The van der Waals surface area contributed by atoms with E-state index in [0.717, 1.165) is 17.2 Å². The molecule has 0 atom stereocenters. The van der Waals surface area contributed by atoms with Crippen LogP contribution in [0.3, 0.4) is 0 Å². The first-order chi connectivity index (χ1) is 11.3. The topological polar surface area (TPSA) is 22.0 Å². The van der Waals surface area contributed by atoms with E-state index < -0.39 is 0 Å². The highest BCUT2D eigenvalue weighted by molar-refractivity contribution is 6.31. The smallest absolute Gasteiger partial charge is 0.152 e. The molecule has 3 aromatic carbocycles. The van der Waals surface area contributed by atoms with Crippen molar-refractivity contribution in [1.82, 2.24) is 4.57 Å². The van der Waals surface area contributed by atoms with Crippen molar-refractivity contribution in [2.45, 2.75) is 6.54 Å². The third-order valence-electron chi connectivity index (χ3n) is 4.22. The number of carbonyl (C=O) groups is 1. The van der Waals surface area contributed by atoms with Crippen molar-refractivity contribution in [1.29, 1.82) is 0 Å². The minimum Gasteiger partial charge on any atom is -0.342 e. The Labute approximate surface area is 138 Å². The van der Waals surface area contributed by atoms with Gasteiger partial charge in [-0.05, 0) is 34.5 Å². The van der Waals surface area contributed by atoms with Gasteiger partial charge < -0.3 is 4.57 Å². The molecular formula is C20H14ClNO. The molecule has 2 nitrogen and oxygen atoms in total. The summed E-state index contributed by atoms with van der Waals surface area (Å²) in [6.07, 6.45) is 2.79. The van der Waals surface area contributed by atoms with E-state index in [-0.39, 0.29) is 0 Å². The van der Waals surface area contributed by atoms with Crippen LogP contribution in [0.5, 0.6) is 0 Å². The van der Waals surface area contributed by atoms with E-state index >= 15 is 0 Å². The lowest BCUT2D eigenvalue weighted by atomic mass is 10.0. The Morgan fingerprint density at radius 3 is 2.65 bits per heavy atom. The third-order valence-corrected chi connectivity index (χ3v) is 4.46. The van der Waals surface area contributed by atoms with E-state index in [2.05, 4.69) is 41.0 Å². The summed E-state index contributed by atoms with van der Waals surface area (Å²) in [5.41, 5.74) is 2.92. The van der Waals surface area contributed by atoms with Crippen molar-refractivity contribution in [2.24, 2.45) is 0 Å². The molecule has 0 fully saturated rings. The van der Waals surface area contributed by atoms with E-state index in [1.54, 1.807) is 0 Å². The number of hydrogen-bond acceptors (Lipinski definition) is 1. The van der Waals surface area contributed by atoms with Crippen LogP contribution in [0.15, 0.2) is 66.9 Å². The van der Waals surface area contributed by atoms with E-state index in [0.29, 0.717) is 17.1 Å². The number of aldehydes is 1. The van der Waals surface area contributed by atoms with Gasteiger partial charge in [-0.25, -0.2) is 0 Å². The lowest BCUT2D eigenvalue weighted by molar-refractivity contribution is 0.112. The SMILES string of the molecule is O=Cc1cn(Cc2cccc3ccccc23)c2ccc(Cl)cc12. The Morgan fingerprint density at radius 1 is 0.957 bits per heavy atom. The van der Waals surface area contributed by atoms with Gasteiger partial charge in [-0.3, -0.25) is 4.79 Å². The van der Waals surface area contributed by atoms with E-state index in [4.69, 9.17) is 11.6 Å². The summed E-state index contributed by atoms with van der Waals surface area (Å²) in [7, 11) is 0. The lowest BCUT2D eigenvalue weighted by Crippen LogP contribution is -1.98. The molecule has 4 rings (SSSR count). The highest BCUT2D eigenvalue weighted by Gasteiger charge is 2.10. The van der Waals surface area contributed by atoms with Crippen LogP contribution in [0.2, 0.25) is 5.02 Å². The number of aromatic nitrogens is 1. The number of rotatable bonds is 3. The number of halogens is 1. The fourth-order valence-corrected chi connectivity index (χ4v) is 3.31. The summed E-state index contributed by atoms with van der Waals surface area (Å²) in [6.45, 7) is 0.716. The molecule has 0 unspecified atom stereocenters. The summed E-state index contributed by atoms with van der Waals surface area (Å²) in [5, 5.41) is 4.00. The molecule has 0 radical (unpaired) electrons. The molecule has 0 N–H and O–H groups in total. The molecule has 112 valence electrons. The Bertz CT molecular complexity index is 1030. The van der Waals surface area contributed by atoms with Crippen molar-refractivity contribution < 1.29 is 4.79 Å². The molecule has 4 aromatic rings. The van der Waals surface area contributed by atoms with Gasteiger partial charge in [-0.1, -0.05) is 54.1 Å². The van der Waals surface area contributed by atoms with E-state index in [1.807, 2.05) is 30.5 Å². The zero-order valence-electron chi connectivity index (χ0n) is 12.4. The molecule has 0 saturated heterocycles. The Kier molecular flexibility index (Phi) is 3.40. The maximum Gasteiger partial charge on any atom is 0.152 e. The summed E-state index contributed by atoms with van der Waals surface area (Å²) in [4.78, 5) is 11.4. The Morgan fingerprint density at radius 2 is 1.78 bits per heavy atom. The maximum absolute atomic E-state index is 11.4. The molecule has 0 amide bonds. The maximum atomic E-state index is 11.4. The first-order valence-electron chi connectivity index (χ1n) is 7.46. The Balaban J connectivity index is 1.88. The summed E-state index contributed by atoms with van der Waals surface area (Å²) in [6, 6.07) is 20.3. The fraction of sp³-hybridized carbons (Fsp3) is 0.0500. The number of hydrogen-bond donors (Lipinski definition) is 0. The van der Waals surface area contributed by atoms with Crippen molar-refractivity contribution in [3.05, 3.63) is 83.0 Å². The van der Waals surface area contributed by atoms with Gasteiger partial charge in [0, 0.05) is 34.2 Å². The minimum atomic E-state index is 0.642. The van der Waals surface area contributed by atoms with Crippen LogP contribution < -0.4 is 0 Å². The van der Waals surface area contributed by atoms with Gasteiger partial charge in [0.2, 0.25) is 0 Å². The van der Waals surface area contributed by atoms with Gasteiger partial charge in [0.1, 0.15) is 0 Å². The molecule has 0 spiro atoms. The molecule has 0 aliphatic rings. The van der Waals surface area contributed by atoms with Gasteiger partial charge in [-0.15, -0.1) is 0 Å². The predicted octanol–water partition coefficient (Wildman–Crippen LogP) is 5.31. The lowest BCUT2D eigenvalue weighted by Gasteiger charge is -2.09. The molecule has 3 heteroatoms. The van der Waals surface area contributed by atoms with Crippen molar-refractivity contribution in [3.8, 4) is 0 Å². The van der Waals surface area contributed by atoms with Crippen molar-refractivity contribution in [2.75, 3.05) is 0 Å². The van der Waals surface area contributed by atoms with Gasteiger partial charge in [0.05, 0.1) is 0 Å². The summed E-state index contributed by atoms with van der Waals surface area (Å²) in [5.74, 6) is 0. The van der Waals surface area contributed by atoms with Gasteiger partial charge >= 0.3 is 0 Å². The molecule has 1 heterocycles. The standard InChI is InChI=1S/C20H14ClNO/c21-17-8-9-20-19(10-17)16(13-23)12-22(20)11-15-6-3-5-14-4-1-2-7-18(14)15/h1-10,12-13H,11H2. The van der Waals surface area contributed by atoms with Gasteiger partial charge in [0.15, 0.2) is 6.29 Å². The summed E-state index contributed by atoms with van der Waals surface area (Å²) < 4.78 is 2.11. The van der Waals surface area contributed by atoms with Crippen molar-refractivity contribution >= 4 is 39.6 Å². The molecular weight excluding hydrogens is 306 g/mol. The second-order valence-corrected chi connectivity index (χ2v) is 6.07. The number of nitrogens with zero attached hydrogens (tertiary/aromatic N) is 1. The average molecular weight is 320 g/mol. The first-order valence-corrected chi connectivity index (χ1v) is 7.84. The van der Waals surface area contributed by atoms with Crippen LogP contribution in [-0.2, 0) is 6.54 Å². The van der Waals surface area contributed by atoms with Crippen molar-refractivity contribution in [3.63, 3.8) is 0 Å². The third kappa shape index (κ3) is 2.41. The van der Waals surface area contributed by atoms with Crippen LogP contribution in [0.1, 0.15) is 15.9 Å². The normalized spacial score (nSPS) is 11.2. The number of carbonyl (C=O) groups excluding carboxylic acids is 1. The van der Waals surface area contributed by atoms with Crippen LogP contribution in [-0.4, -0.2) is 10.9 Å². The first kappa shape index (κ1) is 14.0. The van der Waals surface area contributed by atoms with E-state index in [1.165, 1.54) is 16.3 Å². The van der Waals surface area contributed by atoms with Gasteiger partial charge in [0.25, 0.3) is 0 Å². The highest BCUT2D eigenvalue weighted by atomic mass is 35.5. The molecule has 1 aromatic heterocycles. The van der Waals surface area contributed by atoms with Crippen LogP contribution in [0.4, 0.5) is 0 Å². The fourth-order valence-electron chi connectivity index (χ4n) is 3.14. The second kappa shape index (κ2) is 5.56. The molecule has 23 heavy (non-hydrogen) atoms. The minimum absolute atomic E-state index is 0.642. The monoisotopic (exact) mass is 319 g/mol. The summed E-state index contributed by atoms with van der Waals surface area (Å²) >= 11 is 6.07. The molecule has 0 bridgehead atoms. The molecule has 0 aliphatic heterocycles. The van der Waals surface area contributed by atoms with Crippen LogP contribution >= 0.6 is 11.6 Å². The van der Waals surface area contributed by atoms with E-state index in [9.17, 15) is 4.79 Å². The highest BCUT2D eigenvalue weighted by Crippen LogP contribution is 2.26. The largest absolute Gasteiger partial charge is 0.342 e. The molecule has 0 aliphatic carbocycles.